The number of hydrogen-bond donors (Lipinski definition) is 0. The molecule has 0 aliphatic rings. The van der Waals surface area contributed by atoms with E-state index in [1.807, 2.05) is 11.3 Å². The Hall–Kier alpha value is 0.0500. The topological polar surface area (TPSA) is 0 Å². The van der Waals surface area contributed by atoms with Crippen molar-refractivity contribution in [2.45, 2.75) is 20.3 Å². The van der Waals surface area contributed by atoms with Gasteiger partial charge in [0.25, 0.3) is 0 Å². The summed E-state index contributed by atoms with van der Waals surface area (Å²) in [4.78, 5) is 1.52. The molecular weight excluding hydrogens is 184 g/mol. The van der Waals surface area contributed by atoms with Crippen LogP contribution in [0.2, 0.25) is 0 Å². The Balaban J connectivity index is 2.04. The number of hydrogen-bond acceptors (Lipinski definition) is 2. The average molecular weight is 200 g/mol. The third-order valence-corrected chi connectivity index (χ3v) is 3.86. The second-order valence-corrected chi connectivity index (χ2v) is 5.48. The summed E-state index contributed by atoms with van der Waals surface area (Å²) < 4.78 is 0. The van der Waals surface area contributed by atoms with Gasteiger partial charge in [-0.25, -0.2) is 0 Å². The summed E-state index contributed by atoms with van der Waals surface area (Å²) >= 11 is 3.93. The van der Waals surface area contributed by atoms with Crippen molar-refractivity contribution in [2.24, 2.45) is 5.92 Å². The van der Waals surface area contributed by atoms with Crippen molar-refractivity contribution < 1.29 is 0 Å². The molecule has 0 aliphatic heterocycles. The number of aryl methyl sites for hydroxylation is 1. The lowest BCUT2D eigenvalue weighted by atomic mass is 10.3. The number of thiophene rings is 1. The molecule has 0 amide bonds. The highest BCUT2D eigenvalue weighted by atomic mass is 32.2. The van der Waals surface area contributed by atoms with Gasteiger partial charge in [0.15, 0.2) is 0 Å². The molecule has 1 rings (SSSR count). The van der Waals surface area contributed by atoms with Gasteiger partial charge in [-0.05, 0) is 35.3 Å². The first-order valence-corrected chi connectivity index (χ1v) is 6.42. The van der Waals surface area contributed by atoms with Crippen LogP contribution in [-0.4, -0.2) is 11.5 Å². The molecule has 0 unspecified atom stereocenters. The minimum atomic E-state index is 0.832. The third kappa shape index (κ3) is 4.17. The highest BCUT2D eigenvalue weighted by Crippen LogP contribution is 2.14. The first-order valence-electron chi connectivity index (χ1n) is 4.39. The lowest BCUT2D eigenvalue weighted by Crippen LogP contribution is -1.93. The lowest BCUT2D eigenvalue weighted by molar-refractivity contribution is 0.750. The van der Waals surface area contributed by atoms with Crippen LogP contribution in [0.4, 0.5) is 0 Å². The van der Waals surface area contributed by atoms with Gasteiger partial charge in [0.2, 0.25) is 0 Å². The van der Waals surface area contributed by atoms with E-state index in [4.69, 9.17) is 0 Å². The van der Waals surface area contributed by atoms with E-state index >= 15 is 0 Å². The zero-order chi connectivity index (χ0) is 8.81. The fourth-order valence-corrected chi connectivity index (χ4v) is 2.79. The van der Waals surface area contributed by atoms with Gasteiger partial charge in [0, 0.05) is 4.88 Å². The molecule has 1 aromatic rings. The van der Waals surface area contributed by atoms with Gasteiger partial charge in [-0.15, -0.1) is 11.3 Å². The minimum Gasteiger partial charge on any atom is -0.161 e. The Labute approximate surface area is 83.4 Å². The Morgan fingerprint density at radius 2 is 2.33 bits per heavy atom. The van der Waals surface area contributed by atoms with Crippen molar-refractivity contribution >= 4 is 23.1 Å². The molecule has 2 heteroatoms. The Kier molecular flexibility index (Phi) is 4.77. The number of thioether (sulfide) groups is 1. The van der Waals surface area contributed by atoms with Crippen molar-refractivity contribution in [2.75, 3.05) is 11.5 Å². The fourth-order valence-electron chi connectivity index (χ4n) is 0.947. The second kappa shape index (κ2) is 5.65. The normalized spacial score (nSPS) is 10.9. The van der Waals surface area contributed by atoms with Crippen LogP contribution in [0.5, 0.6) is 0 Å². The maximum atomic E-state index is 2.28. The molecule has 1 heterocycles. The predicted molar refractivity (Wildman–Crippen MR) is 60.2 cm³/mol. The van der Waals surface area contributed by atoms with Gasteiger partial charge in [0.1, 0.15) is 0 Å². The summed E-state index contributed by atoms with van der Waals surface area (Å²) in [6, 6.07) is 4.35. The van der Waals surface area contributed by atoms with Crippen molar-refractivity contribution in [1.82, 2.24) is 0 Å². The van der Waals surface area contributed by atoms with Gasteiger partial charge in [-0.3, -0.25) is 0 Å². The van der Waals surface area contributed by atoms with Crippen LogP contribution in [0.3, 0.4) is 0 Å². The molecule has 1 aromatic heterocycles. The van der Waals surface area contributed by atoms with Crippen LogP contribution >= 0.6 is 23.1 Å². The van der Waals surface area contributed by atoms with Crippen LogP contribution in [0.1, 0.15) is 18.7 Å². The molecule has 0 fully saturated rings. The SMILES string of the molecule is CC(C)CSCCc1cccs1. The van der Waals surface area contributed by atoms with Crippen LogP contribution in [-0.2, 0) is 6.42 Å². The standard InChI is InChI=1S/C10H16S2/c1-9(2)8-11-7-5-10-4-3-6-12-10/h3-4,6,9H,5,7-8H2,1-2H3. The first-order chi connectivity index (χ1) is 5.79. The minimum absolute atomic E-state index is 0.832. The summed E-state index contributed by atoms with van der Waals surface area (Å²) in [5, 5.41) is 2.16. The molecule has 0 saturated heterocycles. The zero-order valence-electron chi connectivity index (χ0n) is 7.75. The summed E-state index contributed by atoms with van der Waals surface area (Å²) in [6.07, 6.45) is 1.25. The summed E-state index contributed by atoms with van der Waals surface area (Å²) in [7, 11) is 0. The molecule has 0 bridgehead atoms. The smallest absolute Gasteiger partial charge is 0.00534 e. The monoisotopic (exact) mass is 200 g/mol. The van der Waals surface area contributed by atoms with Gasteiger partial charge in [0.05, 0.1) is 0 Å². The average Bonchev–Trinajstić information content (AvgIpc) is 2.49. The zero-order valence-corrected chi connectivity index (χ0v) is 9.38. The first kappa shape index (κ1) is 10.1. The molecule has 0 N–H and O–H groups in total. The summed E-state index contributed by atoms with van der Waals surface area (Å²) in [6.45, 7) is 4.55. The fraction of sp³-hybridized carbons (Fsp3) is 0.600. The Bertz CT molecular complexity index is 190. The van der Waals surface area contributed by atoms with Crippen LogP contribution in [0.25, 0.3) is 0 Å². The maximum absolute atomic E-state index is 2.28. The van der Waals surface area contributed by atoms with Crippen molar-refractivity contribution in [1.29, 1.82) is 0 Å². The lowest BCUT2D eigenvalue weighted by Gasteiger charge is -2.02. The summed E-state index contributed by atoms with van der Waals surface area (Å²) in [5.74, 6) is 3.41. The van der Waals surface area contributed by atoms with E-state index in [9.17, 15) is 0 Å². The molecule has 0 aromatic carbocycles. The van der Waals surface area contributed by atoms with Crippen LogP contribution in [0.15, 0.2) is 17.5 Å². The van der Waals surface area contributed by atoms with Crippen LogP contribution in [0, 0.1) is 5.92 Å². The van der Waals surface area contributed by atoms with Gasteiger partial charge in [-0.1, -0.05) is 19.9 Å². The van der Waals surface area contributed by atoms with E-state index in [0.29, 0.717) is 0 Å². The molecule has 0 nitrogen and oxygen atoms in total. The maximum Gasteiger partial charge on any atom is 0.00534 e. The van der Waals surface area contributed by atoms with E-state index in [-0.39, 0.29) is 0 Å². The molecular formula is C10H16S2. The molecule has 0 spiro atoms. The molecule has 0 radical (unpaired) electrons. The summed E-state index contributed by atoms with van der Waals surface area (Å²) in [5.41, 5.74) is 0. The second-order valence-electron chi connectivity index (χ2n) is 3.30. The molecule has 68 valence electrons. The number of rotatable bonds is 5. The van der Waals surface area contributed by atoms with Crippen molar-refractivity contribution in [3.05, 3.63) is 22.4 Å². The van der Waals surface area contributed by atoms with E-state index in [0.717, 1.165) is 5.92 Å². The van der Waals surface area contributed by atoms with Crippen molar-refractivity contribution in [3.63, 3.8) is 0 Å². The van der Waals surface area contributed by atoms with E-state index in [2.05, 4.69) is 43.1 Å². The molecule has 0 saturated carbocycles. The highest BCUT2D eigenvalue weighted by Gasteiger charge is 1.96. The molecule has 0 aliphatic carbocycles. The largest absolute Gasteiger partial charge is 0.161 e. The molecule has 0 atom stereocenters. The van der Waals surface area contributed by atoms with Gasteiger partial charge < -0.3 is 0 Å². The Morgan fingerprint density at radius 3 is 2.92 bits per heavy atom. The van der Waals surface area contributed by atoms with Gasteiger partial charge >= 0.3 is 0 Å². The predicted octanol–water partition coefficient (Wildman–Crippen LogP) is 3.68. The van der Waals surface area contributed by atoms with Crippen LogP contribution < -0.4 is 0 Å². The van der Waals surface area contributed by atoms with Crippen molar-refractivity contribution in [3.8, 4) is 0 Å². The van der Waals surface area contributed by atoms with E-state index in [1.54, 1.807) is 0 Å². The third-order valence-electron chi connectivity index (χ3n) is 1.52. The molecule has 12 heavy (non-hydrogen) atoms. The van der Waals surface area contributed by atoms with Gasteiger partial charge in [-0.2, -0.15) is 11.8 Å². The van der Waals surface area contributed by atoms with E-state index in [1.165, 1.54) is 22.8 Å². The Morgan fingerprint density at radius 1 is 1.50 bits per heavy atom. The highest BCUT2D eigenvalue weighted by molar-refractivity contribution is 7.99. The van der Waals surface area contributed by atoms with E-state index < -0.39 is 0 Å². The quantitative estimate of drug-likeness (QED) is 0.653.